The van der Waals surface area contributed by atoms with Crippen LogP contribution in [0.5, 0.6) is 0 Å². The topological polar surface area (TPSA) is 52.1 Å². The van der Waals surface area contributed by atoms with Crippen LogP contribution in [0, 0.1) is 0 Å². The number of aromatic nitrogens is 2. The number of hydrogen-bond acceptors (Lipinski definition) is 4. The summed E-state index contributed by atoms with van der Waals surface area (Å²) in [6.45, 7) is 2.19. The third kappa shape index (κ3) is 2.16. The van der Waals surface area contributed by atoms with Gasteiger partial charge in [0, 0.05) is 12.4 Å². The number of ether oxygens (including phenoxy) is 1. The molecular formula is C12H12N2O2. The Morgan fingerprint density at radius 1 is 1.31 bits per heavy atom. The highest BCUT2D eigenvalue weighted by atomic mass is 16.5. The SMILES string of the molecule is CCOC(=O)Cc1ccnc2cccnc12. The van der Waals surface area contributed by atoms with Gasteiger partial charge in [-0.2, -0.15) is 0 Å². The van der Waals surface area contributed by atoms with Crippen LogP contribution in [0.1, 0.15) is 12.5 Å². The molecule has 0 N–H and O–H groups in total. The van der Waals surface area contributed by atoms with Gasteiger partial charge >= 0.3 is 5.97 Å². The van der Waals surface area contributed by atoms with Gasteiger partial charge in [0.25, 0.3) is 0 Å². The molecule has 2 rings (SSSR count). The molecule has 0 unspecified atom stereocenters. The Morgan fingerprint density at radius 3 is 3.00 bits per heavy atom. The lowest BCUT2D eigenvalue weighted by Crippen LogP contribution is -2.08. The molecule has 0 atom stereocenters. The molecule has 0 spiro atoms. The van der Waals surface area contributed by atoms with Gasteiger partial charge in [0.2, 0.25) is 0 Å². The number of fused-ring (bicyclic) bond motifs is 1. The van der Waals surface area contributed by atoms with E-state index in [0.29, 0.717) is 6.61 Å². The summed E-state index contributed by atoms with van der Waals surface area (Å²) in [6.07, 6.45) is 3.61. The molecule has 2 heterocycles. The lowest BCUT2D eigenvalue weighted by atomic mass is 10.1. The van der Waals surface area contributed by atoms with Crippen LogP contribution < -0.4 is 0 Å². The summed E-state index contributed by atoms with van der Waals surface area (Å²) in [6, 6.07) is 5.49. The van der Waals surface area contributed by atoms with Crippen molar-refractivity contribution in [2.24, 2.45) is 0 Å². The molecule has 0 aromatic carbocycles. The van der Waals surface area contributed by atoms with Gasteiger partial charge in [-0.05, 0) is 30.7 Å². The third-order valence-corrected chi connectivity index (χ3v) is 2.22. The second kappa shape index (κ2) is 4.70. The Balaban J connectivity index is 2.33. The lowest BCUT2D eigenvalue weighted by Gasteiger charge is -2.04. The Hall–Kier alpha value is -1.97. The van der Waals surface area contributed by atoms with E-state index >= 15 is 0 Å². The zero-order valence-corrected chi connectivity index (χ0v) is 9.01. The van der Waals surface area contributed by atoms with Gasteiger partial charge in [0.1, 0.15) is 0 Å². The van der Waals surface area contributed by atoms with Gasteiger partial charge in [-0.1, -0.05) is 0 Å². The molecule has 16 heavy (non-hydrogen) atoms. The monoisotopic (exact) mass is 216 g/mol. The number of pyridine rings is 2. The van der Waals surface area contributed by atoms with E-state index in [4.69, 9.17) is 4.74 Å². The molecule has 0 bridgehead atoms. The highest BCUT2D eigenvalue weighted by Crippen LogP contribution is 2.14. The summed E-state index contributed by atoms with van der Waals surface area (Å²) in [5.74, 6) is -0.236. The molecule has 4 nitrogen and oxygen atoms in total. The van der Waals surface area contributed by atoms with Crippen molar-refractivity contribution in [2.45, 2.75) is 13.3 Å². The minimum atomic E-state index is -0.236. The standard InChI is InChI=1S/C12H12N2O2/c1-2-16-11(15)8-9-5-7-13-10-4-3-6-14-12(9)10/h3-7H,2,8H2,1H3. The molecule has 82 valence electrons. The first kappa shape index (κ1) is 10.5. The first-order valence-corrected chi connectivity index (χ1v) is 5.15. The van der Waals surface area contributed by atoms with E-state index in [0.717, 1.165) is 16.6 Å². The molecule has 0 aliphatic carbocycles. The molecule has 0 saturated heterocycles. The summed E-state index contributed by atoms with van der Waals surface area (Å²) >= 11 is 0. The van der Waals surface area contributed by atoms with E-state index in [1.807, 2.05) is 12.1 Å². The average molecular weight is 216 g/mol. The molecule has 0 fully saturated rings. The number of rotatable bonds is 3. The summed E-state index contributed by atoms with van der Waals surface area (Å²) in [4.78, 5) is 19.8. The summed E-state index contributed by atoms with van der Waals surface area (Å²) in [7, 11) is 0. The fourth-order valence-corrected chi connectivity index (χ4v) is 1.55. The van der Waals surface area contributed by atoms with Crippen LogP contribution in [0.25, 0.3) is 11.0 Å². The van der Waals surface area contributed by atoms with Crippen LogP contribution in [-0.2, 0) is 16.0 Å². The van der Waals surface area contributed by atoms with Crippen LogP contribution in [0.4, 0.5) is 0 Å². The van der Waals surface area contributed by atoms with Crippen LogP contribution >= 0.6 is 0 Å². The van der Waals surface area contributed by atoms with Gasteiger partial charge in [-0.25, -0.2) is 0 Å². The largest absolute Gasteiger partial charge is 0.466 e. The van der Waals surface area contributed by atoms with Crippen molar-refractivity contribution in [3.63, 3.8) is 0 Å². The second-order valence-corrected chi connectivity index (χ2v) is 3.32. The van der Waals surface area contributed by atoms with Gasteiger partial charge in [0.05, 0.1) is 24.1 Å². The number of hydrogen-bond donors (Lipinski definition) is 0. The van der Waals surface area contributed by atoms with Crippen molar-refractivity contribution in [3.8, 4) is 0 Å². The molecule has 0 saturated carbocycles. The maximum atomic E-state index is 11.4. The van der Waals surface area contributed by atoms with Crippen molar-refractivity contribution in [1.82, 2.24) is 9.97 Å². The van der Waals surface area contributed by atoms with Crippen LogP contribution in [0.3, 0.4) is 0 Å². The Bertz CT molecular complexity index is 506. The van der Waals surface area contributed by atoms with Crippen LogP contribution in [0.2, 0.25) is 0 Å². The molecule has 2 aromatic rings. The normalized spacial score (nSPS) is 10.3. The quantitative estimate of drug-likeness (QED) is 0.733. The first-order chi connectivity index (χ1) is 7.81. The van der Waals surface area contributed by atoms with Gasteiger partial charge < -0.3 is 4.74 Å². The molecule has 4 heteroatoms. The maximum absolute atomic E-state index is 11.4. The van der Waals surface area contributed by atoms with E-state index in [1.54, 1.807) is 25.4 Å². The zero-order valence-electron chi connectivity index (χ0n) is 9.01. The Kier molecular flexibility index (Phi) is 3.10. The molecule has 0 aliphatic heterocycles. The maximum Gasteiger partial charge on any atom is 0.310 e. The summed E-state index contributed by atoms with van der Waals surface area (Å²) in [5, 5.41) is 0. The van der Waals surface area contributed by atoms with E-state index < -0.39 is 0 Å². The fourth-order valence-electron chi connectivity index (χ4n) is 1.55. The van der Waals surface area contributed by atoms with Crippen LogP contribution in [0.15, 0.2) is 30.6 Å². The second-order valence-electron chi connectivity index (χ2n) is 3.32. The highest BCUT2D eigenvalue weighted by Gasteiger charge is 2.08. The molecule has 0 amide bonds. The average Bonchev–Trinajstić information content (AvgIpc) is 2.30. The minimum absolute atomic E-state index is 0.236. The number of esters is 1. The predicted molar refractivity (Wildman–Crippen MR) is 59.9 cm³/mol. The van der Waals surface area contributed by atoms with Gasteiger partial charge in [-0.15, -0.1) is 0 Å². The van der Waals surface area contributed by atoms with Crippen molar-refractivity contribution in [3.05, 3.63) is 36.2 Å². The van der Waals surface area contributed by atoms with E-state index in [-0.39, 0.29) is 12.4 Å². The van der Waals surface area contributed by atoms with Gasteiger partial charge in [0.15, 0.2) is 0 Å². The summed E-state index contributed by atoms with van der Waals surface area (Å²) in [5.41, 5.74) is 2.41. The fraction of sp³-hybridized carbons (Fsp3) is 0.250. The molecular weight excluding hydrogens is 204 g/mol. The van der Waals surface area contributed by atoms with E-state index in [1.165, 1.54) is 0 Å². The van der Waals surface area contributed by atoms with E-state index in [2.05, 4.69) is 9.97 Å². The van der Waals surface area contributed by atoms with Crippen molar-refractivity contribution in [1.29, 1.82) is 0 Å². The number of carbonyl (C=O) groups excluding carboxylic acids is 1. The molecule has 0 radical (unpaired) electrons. The predicted octanol–water partition coefficient (Wildman–Crippen LogP) is 1.74. The molecule has 0 aliphatic rings. The zero-order chi connectivity index (χ0) is 11.4. The van der Waals surface area contributed by atoms with E-state index in [9.17, 15) is 4.79 Å². The Morgan fingerprint density at radius 2 is 2.19 bits per heavy atom. The lowest BCUT2D eigenvalue weighted by molar-refractivity contribution is -0.142. The highest BCUT2D eigenvalue weighted by molar-refractivity contribution is 5.83. The molecule has 2 aromatic heterocycles. The first-order valence-electron chi connectivity index (χ1n) is 5.15. The van der Waals surface area contributed by atoms with Crippen LogP contribution in [-0.4, -0.2) is 22.5 Å². The Labute approximate surface area is 93.3 Å². The van der Waals surface area contributed by atoms with Crippen molar-refractivity contribution >= 4 is 17.0 Å². The summed E-state index contributed by atoms with van der Waals surface area (Å²) < 4.78 is 4.91. The minimum Gasteiger partial charge on any atom is -0.466 e. The van der Waals surface area contributed by atoms with Gasteiger partial charge in [-0.3, -0.25) is 14.8 Å². The van der Waals surface area contributed by atoms with Crippen molar-refractivity contribution in [2.75, 3.05) is 6.61 Å². The van der Waals surface area contributed by atoms with Crippen molar-refractivity contribution < 1.29 is 9.53 Å². The smallest absolute Gasteiger partial charge is 0.310 e. The number of carbonyl (C=O) groups is 1. The number of nitrogens with zero attached hydrogens (tertiary/aromatic N) is 2. The third-order valence-electron chi connectivity index (χ3n) is 2.22.